The molecule has 0 unspecified atom stereocenters. The maximum atomic E-state index is 12.3. The van der Waals surface area contributed by atoms with E-state index < -0.39 is 9.84 Å². The molecule has 0 aliphatic rings. The summed E-state index contributed by atoms with van der Waals surface area (Å²) in [6.45, 7) is 5.29. The number of hydrogen-bond donors (Lipinski definition) is 2. The van der Waals surface area contributed by atoms with Crippen LogP contribution in [-0.4, -0.2) is 40.3 Å². The van der Waals surface area contributed by atoms with Crippen LogP contribution in [0.1, 0.15) is 19.4 Å². The summed E-state index contributed by atoms with van der Waals surface area (Å²) < 4.78 is 24.6. The number of guanidine groups is 1. The van der Waals surface area contributed by atoms with E-state index in [0.717, 1.165) is 0 Å². The zero-order chi connectivity index (χ0) is 19.0. The molecule has 0 spiro atoms. The summed E-state index contributed by atoms with van der Waals surface area (Å²) in [6, 6.07) is 18.7. The molecule has 0 amide bonds. The third kappa shape index (κ3) is 5.59. The summed E-state index contributed by atoms with van der Waals surface area (Å²) in [4.78, 5) is 4.52. The van der Waals surface area contributed by atoms with Gasteiger partial charge in [0.1, 0.15) is 0 Å². The normalized spacial score (nSPS) is 12.7. The van der Waals surface area contributed by atoms with E-state index in [1.807, 2.05) is 18.2 Å². The number of rotatable bonds is 7. The van der Waals surface area contributed by atoms with Crippen LogP contribution >= 0.6 is 0 Å². The molecule has 2 aromatic rings. The zero-order valence-electron chi connectivity index (χ0n) is 15.6. The molecule has 0 saturated heterocycles. The van der Waals surface area contributed by atoms with Crippen molar-refractivity contribution in [3.63, 3.8) is 0 Å². The molecule has 140 valence electrons. The van der Waals surface area contributed by atoms with E-state index in [-0.39, 0.29) is 11.2 Å². The van der Waals surface area contributed by atoms with Crippen LogP contribution in [0.4, 0.5) is 0 Å². The van der Waals surface area contributed by atoms with Gasteiger partial charge in [-0.1, -0.05) is 62.4 Å². The Balaban J connectivity index is 1.87. The molecule has 0 radical (unpaired) electrons. The zero-order valence-corrected chi connectivity index (χ0v) is 16.4. The molecule has 2 rings (SSSR count). The Bertz CT molecular complexity index is 817. The highest BCUT2D eigenvalue weighted by Crippen LogP contribution is 2.21. The molecule has 0 aromatic heterocycles. The van der Waals surface area contributed by atoms with Crippen molar-refractivity contribution in [3.8, 4) is 0 Å². The Hall–Kier alpha value is -2.34. The lowest BCUT2D eigenvalue weighted by Gasteiger charge is -2.26. The number of benzene rings is 2. The molecule has 0 aliphatic carbocycles. The van der Waals surface area contributed by atoms with Crippen LogP contribution in [0.15, 0.2) is 70.6 Å². The fraction of sp³-hybridized carbons (Fsp3) is 0.350. The lowest BCUT2D eigenvalue weighted by Crippen LogP contribution is -2.44. The van der Waals surface area contributed by atoms with Crippen LogP contribution < -0.4 is 10.6 Å². The first-order valence-electron chi connectivity index (χ1n) is 8.63. The molecule has 0 aliphatic heterocycles. The average molecular weight is 374 g/mol. The third-order valence-electron chi connectivity index (χ3n) is 4.24. The van der Waals surface area contributed by atoms with Crippen molar-refractivity contribution < 1.29 is 8.42 Å². The molecule has 2 N–H and O–H groups in total. The van der Waals surface area contributed by atoms with Gasteiger partial charge >= 0.3 is 0 Å². The Morgan fingerprint density at radius 3 is 2.12 bits per heavy atom. The van der Waals surface area contributed by atoms with Crippen LogP contribution in [-0.2, 0) is 15.3 Å². The molecule has 26 heavy (non-hydrogen) atoms. The van der Waals surface area contributed by atoms with E-state index in [0.29, 0.717) is 23.9 Å². The summed E-state index contributed by atoms with van der Waals surface area (Å²) in [5.41, 5.74) is 1.16. The van der Waals surface area contributed by atoms with E-state index in [2.05, 4.69) is 41.6 Å². The van der Waals surface area contributed by atoms with Crippen LogP contribution in [0.5, 0.6) is 0 Å². The summed E-state index contributed by atoms with van der Waals surface area (Å²) in [5, 5.41) is 6.36. The summed E-state index contributed by atoms with van der Waals surface area (Å²) in [7, 11) is -1.62. The Kier molecular flexibility index (Phi) is 6.80. The molecule has 0 atom stereocenters. The second-order valence-electron chi connectivity index (χ2n) is 6.73. The van der Waals surface area contributed by atoms with Crippen molar-refractivity contribution in [1.82, 2.24) is 10.6 Å². The van der Waals surface area contributed by atoms with E-state index in [1.54, 1.807) is 37.4 Å². The molecule has 6 heteroatoms. The van der Waals surface area contributed by atoms with Crippen LogP contribution in [0.3, 0.4) is 0 Å². The largest absolute Gasteiger partial charge is 0.356 e. The molecular formula is C20H27N3O2S. The van der Waals surface area contributed by atoms with Gasteiger partial charge in [-0.25, -0.2) is 8.42 Å². The Morgan fingerprint density at radius 2 is 1.54 bits per heavy atom. The first-order chi connectivity index (χ1) is 12.3. The minimum Gasteiger partial charge on any atom is -0.356 e. The lowest BCUT2D eigenvalue weighted by molar-refractivity contribution is 0.509. The van der Waals surface area contributed by atoms with Crippen molar-refractivity contribution in [3.05, 3.63) is 66.2 Å². The standard InChI is InChI=1S/C20H27N3O2S/c1-20(2,17-10-6-4-7-11-17)16-23-19(21-3)22-14-15-26(24,25)18-12-8-5-9-13-18/h4-13H,14-16H2,1-3H3,(H2,21,22,23). The van der Waals surface area contributed by atoms with Crippen LogP contribution in [0.25, 0.3) is 0 Å². The molecule has 5 nitrogen and oxygen atoms in total. The molecular weight excluding hydrogens is 346 g/mol. The highest BCUT2D eigenvalue weighted by atomic mass is 32.2. The number of nitrogens with one attached hydrogen (secondary N) is 2. The van der Waals surface area contributed by atoms with Crippen LogP contribution in [0.2, 0.25) is 0 Å². The molecule has 2 aromatic carbocycles. The van der Waals surface area contributed by atoms with E-state index >= 15 is 0 Å². The Labute approximate surface area is 156 Å². The van der Waals surface area contributed by atoms with Gasteiger partial charge in [0.05, 0.1) is 10.6 Å². The van der Waals surface area contributed by atoms with Gasteiger partial charge in [-0.15, -0.1) is 0 Å². The fourth-order valence-corrected chi connectivity index (χ4v) is 3.74. The highest BCUT2D eigenvalue weighted by Gasteiger charge is 2.20. The maximum absolute atomic E-state index is 12.3. The van der Waals surface area contributed by atoms with E-state index in [1.165, 1.54) is 5.56 Å². The SMILES string of the molecule is CN=C(NCCS(=O)(=O)c1ccccc1)NCC(C)(C)c1ccccc1. The maximum Gasteiger partial charge on any atom is 0.191 e. The van der Waals surface area contributed by atoms with Crippen molar-refractivity contribution >= 4 is 15.8 Å². The number of nitrogens with zero attached hydrogens (tertiary/aromatic N) is 1. The van der Waals surface area contributed by atoms with Gasteiger partial charge in [-0.3, -0.25) is 4.99 Å². The first kappa shape index (κ1) is 20.0. The van der Waals surface area contributed by atoms with Gasteiger partial charge in [0, 0.05) is 25.6 Å². The third-order valence-corrected chi connectivity index (χ3v) is 5.97. The van der Waals surface area contributed by atoms with Gasteiger partial charge in [0.2, 0.25) is 0 Å². The summed E-state index contributed by atoms with van der Waals surface area (Å²) in [5.74, 6) is 0.608. The number of hydrogen-bond acceptors (Lipinski definition) is 3. The quantitative estimate of drug-likeness (QED) is 0.578. The van der Waals surface area contributed by atoms with Gasteiger partial charge in [-0.2, -0.15) is 0 Å². The van der Waals surface area contributed by atoms with Crippen molar-refractivity contribution in [2.75, 3.05) is 25.9 Å². The Morgan fingerprint density at radius 1 is 0.962 bits per heavy atom. The minimum atomic E-state index is -3.30. The topological polar surface area (TPSA) is 70.6 Å². The van der Waals surface area contributed by atoms with E-state index in [9.17, 15) is 8.42 Å². The minimum absolute atomic E-state index is 0.0137. The van der Waals surface area contributed by atoms with Gasteiger partial charge < -0.3 is 10.6 Å². The monoisotopic (exact) mass is 373 g/mol. The second-order valence-corrected chi connectivity index (χ2v) is 8.84. The van der Waals surface area contributed by atoms with Crippen LogP contribution in [0, 0.1) is 0 Å². The summed E-state index contributed by atoms with van der Waals surface area (Å²) >= 11 is 0. The fourth-order valence-electron chi connectivity index (χ4n) is 2.57. The average Bonchev–Trinajstić information content (AvgIpc) is 2.66. The highest BCUT2D eigenvalue weighted by molar-refractivity contribution is 7.91. The number of aliphatic imine (C=N–C) groups is 1. The molecule has 0 fully saturated rings. The molecule has 0 heterocycles. The number of sulfone groups is 1. The van der Waals surface area contributed by atoms with Gasteiger partial charge in [-0.05, 0) is 17.7 Å². The van der Waals surface area contributed by atoms with Crippen molar-refractivity contribution in [1.29, 1.82) is 0 Å². The first-order valence-corrected chi connectivity index (χ1v) is 10.3. The van der Waals surface area contributed by atoms with Gasteiger partial charge in [0.15, 0.2) is 15.8 Å². The summed E-state index contributed by atoms with van der Waals surface area (Å²) in [6.07, 6.45) is 0. The molecule has 0 saturated carbocycles. The predicted molar refractivity (Wildman–Crippen MR) is 107 cm³/mol. The molecule has 0 bridgehead atoms. The second kappa shape index (κ2) is 8.85. The van der Waals surface area contributed by atoms with Crippen molar-refractivity contribution in [2.24, 2.45) is 4.99 Å². The lowest BCUT2D eigenvalue weighted by atomic mass is 9.85. The smallest absolute Gasteiger partial charge is 0.191 e. The predicted octanol–water partition coefficient (Wildman–Crippen LogP) is 2.60. The van der Waals surface area contributed by atoms with Gasteiger partial charge in [0.25, 0.3) is 0 Å². The van der Waals surface area contributed by atoms with Crippen molar-refractivity contribution in [2.45, 2.75) is 24.2 Å². The van der Waals surface area contributed by atoms with E-state index in [4.69, 9.17) is 0 Å².